The molecule has 1 aliphatic rings. The van der Waals surface area contributed by atoms with Crippen molar-refractivity contribution < 1.29 is 13.6 Å². The standard InChI is InChI=1S/C18H20ClF2N3O/c1-9-7-18(2,3)14-11(19)5-6-12(13(9)14)22-17(25)10-8-24(4)23-15(10)16(20)21/h5-6,8-9,16H,7H2,1-4H3,(H,22,25). The summed E-state index contributed by atoms with van der Waals surface area (Å²) >= 11 is 6.39. The fraction of sp³-hybridized carbons (Fsp3) is 0.444. The number of hydrogen-bond donors (Lipinski definition) is 1. The first-order valence-electron chi connectivity index (χ1n) is 8.07. The second-order valence-corrected chi connectivity index (χ2v) is 7.64. The summed E-state index contributed by atoms with van der Waals surface area (Å²) in [5.41, 5.74) is 1.87. The van der Waals surface area contributed by atoms with Crippen LogP contribution in [-0.2, 0) is 12.5 Å². The van der Waals surface area contributed by atoms with Crippen molar-refractivity contribution >= 4 is 23.2 Å². The minimum Gasteiger partial charge on any atom is -0.322 e. The van der Waals surface area contributed by atoms with E-state index in [0.717, 1.165) is 17.5 Å². The number of nitrogens with zero attached hydrogens (tertiary/aromatic N) is 2. The summed E-state index contributed by atoms with van der Waals surface area (Å²) in [7, 11) is 1.51. The topological polar surface area (TPSA) is 46.9 Å². The molecule has 1 unspecified atom stereocenters. The molecule has 7 heteroatoms. The number of amides is 1. The number of aromatic nitrogens is 2. The Hall–Kier alpha value is -1.95. The number of rotatable bonds is 3. The molecule has 1 atom stereocenters. The highest BCUT2D eigenvalue weighted by atomic mass is 35.5. The maximum atomic E-state index is 13.1. The Kier molecular flexibility index (Phi) is 4.35. The van der Waals surface area contributed by atoms with Crippen LogP contribution in [0.5, 0.6) is 0 Å². The van der Waals surface area contributed by atoms with Gasteiger partial charge in [-0.2, -0.15) is 5.10 Å². The lowest BCUT2D eigenvalue weighted by Crippen LogP contribution is -2.16. The molecular formula is C18H20ClF2N3O. The SMILES string of the molecule is CC1CC(C)(C)c2c(Cl)ccc(NC(=O)c3cn(C)nc3C(F)F)c21. The van der Waals surface area contributed by atoms with Crippen LogP contribution >= 0.6 is 11.6 Å². The molecule has 3 rings (SSSR count). The van der Waals surface area contributed by atoms with Crippen molar-refractivity contribution in [1.29, 1.82) is 0 Å². The highest BCUT2D eigenvalue weighted by Crippen LogP contribution is 2.51. The van der Waals surface area contributed by atoms with Gasteiger partial charge in [-0.1, -0.05) is 32.4 Å². The van der Waals surface area contributed by atoms with E-state index < -0.39 is 18.0 Å². The molecule has 0 saturated heterocycles. The van der Waals surface area contributed by atoms with Gasteiger partial charge in [0.25, 0.3) is 12.3 Å². The van der Waals surface area contributed by atoms with E-state index in [9.17, 15) is 13.6 Å². The van der Waals surface area contributed by atoms with Crippen molar-refractivity contribution in [1.82, 2.24) is 9.78 Å². The zero-order valence-electron chi connectivity index (χ0n) is 14.5. The summed E-state index contributed by atoms with van der Waals surface area (Å²) in [4.78, 5) is 12.6. The van der Waals surface area contributed by atoms with Crippen molar-refractivity contribution in [3.8, 4) is 0 Å². The van der Waals surface area contributed by atoms with E-state index in [-0.39, 0.29) is 16.9 Å². The van der Waals surface area contributed by atoms with Crippen molar-refractivity contribution in [3.63, 3.8) is 0 Å². The first-order chi connectivity index (χ1) is 11.6. The van der Waals surface area contributed by atoms with Gasteiger partial charge in [0.1, 0.15) is 5.69 Å². The van der Waals surface area contributed by atoms with Gasteiger partial charge >= 0.3 is 0 Å². The van der Waals surface area contributed by atoms with Gasteiger partial charge < -0.3 is 5.32 Å². The second-order valence-electron chi connectivity index (χ2n) is 7.23. The number of benzene rings is 1. The number of aryl methyl sites for hydroxylation is 1. The number of alkyl halides is 2. The van der Waals surface area contributed by atoms with Crippen molar-refractivity contribution in [2.24, 2.45) is 7.05 Å². The molecule has 134 valence electrons. The van der Waals surface area contributed by atoms with Crippen molar-refractivity contribution in [3.05, 3.63) is 45.7 Å². The van der Waals surface area contributed by atoms with Gasteiger partial charge in [0, 0.05) is 24.0 Å². The largest absolute Gasteiger partial charge is 0.322 e. The summed E-state index contributed by atoms with van der Waals surface area (Å²) in [6.07, 6.45) is -0.597. The zero-order chi connectivity index (χ0) is 18.5. The predicted molar refractivity (Wildman–Crippen MR) is 93.6 cm³/mol. The second kappa shape index (κ2) is 6.09. The van der Waals surface area contributed by atoms with E-state index in [1.165, 1.54) is 17.9 Å². The summed E-state index contributed by atoms with van der Waals surface area (Å²) in [6, 6.07) is 3.47. The quantitative estimate of drug-likeness (QED) is 0.825. The summed E-state index contributed by atoms with van der Waals surface area (Å²) in [5, 5.41) is 7.12. The minimum atomic E-state index is -2.81. The number of hydrogen-bond acceptors (Lipinski definition) is 2. The molecule has 0 radical (unpaired) electrons. The lowest BCUT2D eigenvalue weighted by atomic mass is 9.86. The molecule has 1 N–H and O–H groups in total. The normalized spacial score (nSPS) is 18.5. The van der Waals surface area contributed by atoms with Crippen LogP contribution in [0.25, 0.3) is 0 Å². The Morgan fingerprint density at radius 1 is 1.44 bits per heavy atom. The highest BCUT2D eigenvalue weighted by molar-refractivity contribution is 6.31. The van der Waals surface area contributed by atoms with Crippen LogP contribution in [0, 0.1) is 0 Å². The van der Waals surface area contributed by atoms with Crippen LogP contribution in [0.3, 0.4) is 0 Å². The van der Waals surface area contributed by atoms with Crippen LogP contribution in [0.1, 0.15) is 66.7 Å². The van der Waals surface area contributed by atoms with Crippen molar-refractivity contribution in [2.45, 2.75) is 45.0 Å². The maximum Gasteiger partial charge on any atom is 0.282 e. The van der Waals surface area contributed by atoms with E-state index in [2.05, 4.69) is 31.2 Å². The summed E-state index contributed by atoms with van der Waals surface area (Å²) in [6.45, 7) is 6.31. The summed E-state index contributed by atoms with van der Waals surface area (Å²) < 4.78 is 27.4. The molecule has 1 heterocycles. The number of fused-ring (bicyclic) bond motifs is 1. The summed E-state index contributed by atoms with van der Waals surface area (Å²) in [5.74, 6) is -0.382. The maximum absolute atomic E-state index is 13.1. The third-order valence-electron chi connectivity index (χ3n) is 4.74. The van der Waals surface area contributed by atoms with Crippen molar-refractivity contribution in [2.75, 3.05) is 5.32 Å². The van der Waals surface area contributed by atoms with Crippen LogP contribution in [0.15, 0.2) is 18.3 Å². The average Bonchev–Trinajstić information content (AvgIpc) is 3.00. The monoisotopic (exact) mass is 367 g/mol. The zero-order valence-corrected chi connectivity index (χ0v) is 15.3. The average molecular weight is 368 g/mol. The molecule has 1 amide bonds. The van der Waals surface area contributed by atoms with Crippen LogP contribution in [-0.4, -0.2) is 15.7 Å². The first-order valence-corrected chi connectivity index (χ1v) is 8.45. The lowest BCUT2D eigenvalue weighted by Gasteiger charge is -2.21. The molecule has 4 nitrogen and oxygen atoms in total. The number of nitrogens with one attached hydrogen (secondary N) is 1. The molecule has 1 aliphatic carbocycles. The Labute approximate surface area is 150 Å². The highest BCUT2D eigenvalue weighted by Gasteiger charge is 2.38. The number of anilines is 1. The number of carbonyl (C=O) groups excluding carboxylic acids is 1. The molecule has 0 bridgehead atoms. The third-order valence-corrected chi connectivity index (χ3v) is 5.05. The van der Waals surface area contributed by atoms with Gasteiger partial charge in [0.15, 0.2) is 0 Å². The van der Waals surface area contributed by atoms with Crippen LogP contribution in [0.4, 0.5) is 14.5 Å². The van der Waals surface area contributed by atoms with E-state index in [1.807, 2.05) is 0 Å². The smallest absolute Gasteiger partial charge is 0.282 e. The predicted octanol–water partition coefficient (Wildman–Crippen LogP) is 5.05. The molecule has 2 aromatic rings. The van der Waals surface area contributed by atoms with Gasteiger partial charge in [0.05, 0.1) is 5.56 Å². The number of carbonyl (C=O) groups is 1. The van der Waals surface area contributed by atoms with Crippen LogP contribution < -0.4 is 5.32 Å². The lowest BCUT2D eigenvalue weighted by molar-refractivity contribution is 0.101. The van der Waals surface area contributed by atoms with E-state index in [1.54, 1.807) is 12.1 Å². The van der Waals surface area contributed by atoms with Gasteiger partial charge in [-0.15, -0.1) is 0 Å². The van der Waals surface area contributed by atoms with Gasteiger partial charge in [-0.25, -0.2) is 8.78 Å². The molecule has 0 spiro atoms. The van der Waals surface area contributed by atoms with E-state index in [0.29, 0.717) is 10.7 Å². The first kappa shape index (κ1) is 17.9. The molecule has 25 heavy (non-hydrogen) atoms. The fourth-order valence-electron chi connectivity index (χ4n) is 3.90. The van der Waals surface area contributed by atoms with E-state index >= 15 is 0 Å². The molecular weight excluding hydrogens is 348 g/mol. The Morgan fingerprint density at radius 2 is 2.12 bits per heavy atom. The molecule has 0 fully saturated rings. The molecule has 1 aromatic carbocycles. The molecule has 0 aliphatic heterocycles. The fourth-order valence-corrected chi connectivity index (χ4v) is 4.32. The molecule has 1 aromatic heterocycles. The Balaban J connectivity index is 2.01. The number of halogens is 3. The van der Waals surface area contributed by atoms with Gasteiger partial charge in [-0.05, 0) is 41.0 Å². The Morgan fingerprint density at radius 3 is 2.76 bits per heavy atom. The van der Waals surface area contributed by atoms with Gasteiger partial charge in [-0.3, -0.25) is 9.48 Å². The van der Waals surface area contributed by atoms with Crippen LogP contribution in [0.2, 0.25) is 5.02 Å². The van der Waals surface area contributed by atoms with E-state index in [4.69, 9.17) is 11.6 Å². The minimum absolute atomic E-state index is 0.102. The third kappa shape index (κ3) is 3.03. The Bertz CT molecular complexity index is 845. The molecule has 0 saturated carbocycles. The van der Waals surface area contributed by atoms with Gasteiger partial charge in [0.2, 0.25) is 0 Å².